The summed E-state index contributed by atoms with van der Waals surface area (Å²) in [6.07, 6.45) is 0.00694. The Bertz CT molecular complexity index is 182. The normalized spacial score (nSPS) is 11.4. The van der Waals surface area contributed by atoms with E-state index < -0.39 is 9.69 Å². The van der Waals surface area contributed by atoms with E-state index in [2.05, 4.69) is 0 Å². The van der Waals surface area contributed by atoms with Crippen molar-refractivity contribution in [3.63, 3.8) is 0 Å². The van der Waals surface area contributed by atoms with Crippen LogP contribution in [0.1, 0.15) is 13.8 Å². The third-order valence-corrected chi connectivity index (χ3v) is 2.14. The molecule has 0 aliphatic carbocycles. The van der Waals surface area contributed by atoms with Gasteiger partial charge in [0.2, 0.25) is 0 Å². The van der Waals surface area contributed by atoms with E-state index in [0.717, 1.165) is 0 Å². The van der Waals surface area contributed by atoms with Gasteiger partial charge >= 0.3 is 54.8 Å². The Labute approximate surface area is 55.5 Å². The van der Waals surface area contributed by atoms with Crippen molar-refractivity contribution in [2.75, 3.05) is 5.75 Å². The molecule has 0 atom stereocenters. The standard InChI is InChI=1S/C4H9BO3S/c1-4(2)3-9(7,8)5-6/h4H,3H2,1-2H3. The summed E-state index contributed by atoms with van der Waals surface area (Å²) in [4.78, 5) is 0. The summed E-state index contributed by atoms with van der Waals surface area (Å²) in [5.74, 6) is -0.0172. The molecule has 0 heterocycles. The van der Waals surface area contributed by atoms with Gasteiger partial charge in [0.25, 0.3) is 0 Å². The van der Waals surface area contributed by atoms with Gasteiger partial charge in [0.1, 0.15) is 0 Å². The molecule has 0 aromatic rings. The van der Waals surface area contributed by atoms with Crippen LogP contribution < -0.4 is 0 Å². The molecular formula is C4H9BO3S. The summed E-state index contributed by atoms with van der Waals surface area (Å²) in [5, 5.41) is 0. The molecule has 0 saturated heterocycles. The monoisotopic (exact) mass is 148 g/mol. The van der Waals surface area contributed by atoms with Gasteiger partial charge in [-0.15, -0.1) is 0 Å². The molecule has 0 saturated carbocycles. The van der Waals surface area contributed by atoms with E-state index in [4.69, 9.17) is 0 Å². The first kappa shape index (κ1) is 8.81. The minimum absolute atomic E-state index is 0.00694. The topological polar surface area (TPSA) is 51.2 Å². The summed E-state index contributed by atoms with van der Waals surface area (Å²) in [6, 6.07) is 0. The van der Waals surface area contributed by atoms with Gasteiger partial charge in [-0.25, -0.2) is 0 Å². The van der Waals surface area contributed by atoms with E-state index >= 15 is 0 Å². The van der Waals surface area contributed by atoms with E-state index in [9.17, 15) is 13.1 Å². The third kappa shape index (κ3) is 4.33. The zero-order valence-electron chi connectivity index (χ0n) is 5.49. The van der Waals surface area contributed by atoms with Crippen LogP contribution in [0.4, 0.5) is 0 Å². The fraction of sp³-hybridized carbons (Fsp3) is 1.00. The van der Waals surface area contributed by atoms with Crippen LogP contribution in [0.25, 0.3) is 0 Å². The zero-order chi connectivity index (χ0) is 7.49. The van der Waals surface area contributed by atoms with Gasteiger partial charge < -0.3 is 0 Å². The molecule has 0 aromatic carbocycles. The van der Waals surface area contributed by atoms with Gasteiger partial charge in [-0.2, -0.15) is 0 Å². The van der Waals surface area contributed by atoms with Gasteiger partial charge in [-0.3, -0.25) is 0 Å². The fourth-order valence-electron chi connectivity index (χ4n) is 0.504. The van der Waals surface area contributed by atoms with Gasteiger partial charge in [0.05, 0.1) is 0 Å². The second-order valence-corrected chi connectivity index (χ2v) is 4.17. The van der Waals surface area contributed by atoms with Gasteiger partial charge in [0.15, 0.2) is 0 Å². The van der Waals surface area contributed by atoms with Crippen molar-refractivity contribution < 1.29 is 13.1 Å². The minimum atomic E-state index is -3.40. The summed E-state index contributed by atoms with van der Waals surface area (Å²) < 4.78 is 30.7. The first-order chi connectivity index (χ1) is 3.98. The van der Waals surface area contributed by atoms with E-state index in [1.54, 1.807) is 13.8 Å². The molecule has 5 heteroatoms. The van der Waals surface area contributed by atoms with Crippen molar-refractivity contribution >= 4 is 16.1 Å². The average Bonchev–Trinajstić information content (AvgIpc) is 1.63. The van der Waals surface area contributed by atoms with Gasteiger partial charge in [-0.05, 0) is 0 Å². The van der Waals surface area contributed by atoms with E-state index in [0.29, 0.717) is 0 Å². The molecule has 0 aliphatic rings. The van der Waals surface area contributed by atoms with Crippen LogP contribution in [-0.4, -0.2) is 20.6 Å². The number of rotatable bonds is 3. The van der Waals surface area contributed by atoms with Crippen LogP contribution in [0.15, 0.2) is 0 Å². The van der Waals surface area contributed by atoms with Crippen LogP contribution in [-0.2, 0) is 14.4 Å². The first-order valence-corrected chi connectivity index (χ1v) is 4.37. The SMILES string of the molecule is CC(C)CS(=O)(=O)B=O. The first-order valence-electron chi connectivity index (χ1n) is 2.66. The zero-order valence-corrected chi connectivity index (χ0v) is 6.31. The van der Waals surface area contributed by atoms with Crippen molar-refractivity contribution in [3.8, 4) is 0 Å². The van der Waals surface area contributed by atoms with Crippen LogP contribution in [0, 0.1) is 5.92 Å². The van der Waals surface area contributed by atoms with Gasteiger partial charge in [-0.1, -0.05) is 0 Å². The summed E-state index contributed by atoms with van der Waals surface area (Å²) in [6.45, 7) is 3.50. The Morgan fingerprint density at radius 3 is 2.00 bits per heavy atom. The molecule has 0 amide bonds. The predicted octanol–water partition coefficient (Wildman–Crippen LogP) is 0.0219. The Balaban J connectivity index is 4.05. The van der Waals surface area contributed by atoms with Crippen molar-refractivity contribution in [1.82, 2.24) is 0 Å². The number of hydrogen-bond donors (Lipinski definition) is 0. The van der Waals surface area contributed by atoms with Crippen molar-refractivity contribution in [2.24, 2.45) is 5.92 Å². The summed E-state index contributed by atoms with van der Waals surface area (Å²) in [7, 11) is -3.40. The molecule has 0 aliphatic heterocycles. The summed E-state index contributed by atoms with van der Waals surface area (Å²) >= 11 is 0. The quantitative estimate of drug-likeness (QED) is 0.530. The van der Waals surface area contributed by atoms with Crippen molar-refractivity contribution in [2.45, 2.75) is 13.8 Å². The Hall–Kier alpha value is -0.185. The summed E-state index contributed by atoms with van der Waals surface area (Å²) in [5.41, 5.74) is 0. The molecule has 0 rings (SSSR count). The molecule has 0 unspecified atom stereocenters. The van der Waals surface area contributed by atoms with Crippen molar-refractivity contribution in [3.05, 3.63) is 0 Å². The molecule has 0 fully saturated rings. The molecule has 0 aromatic heterocycles. The predicted molar refractivity (Wildman–Crippen MR) is 35.1 cm³/mol. The van der Waals surface area contributed by atoms with Crippen LogP contribution in [0.5, 0.6) is 0 Å². The van der Waals surface area contributed by atoms with E-state index in [1.165, 1.54) is 0 Å². The maximum atomic E-state index is 10.4. The molecule has 0 bridgehead atoms. The molecule has 3 nitrogen and oxygen atoms in total. The van der Waals surface area contributed by atoms with Gasteiger partial charge in [0, 0.05) is 0 Å². The Kier molecular flexibility index (Phi) is 3.04. The second kappa shape index (κ2) is 3.10. The fourth-order valence-corrected chi connectivity index (χ4v) is 1.51. The van der Waals surface area contributed by atoms with Crippen LogP contribution in [0.3, 0.4) is 0 Å². The Morgan fingerprint density at radius 1 is 1.44 bits per heavy atom. The second-order valence-electron chi connectivity index (χ2n) is 2.32. The maximum absolute atomic E-state index is 10.4. The average molecular weight is 148 g/mol. The molecule has 0 radical (unpaired) electrons. The third-order valence-electron chi connectivity index (χ3n) is 0.712. The molecule has 0 N–H and O–H groups in total. The van der Waals surface area contributed by atoms with Crippen LogP contribution >= 0.6 is 0 Å². The van der Waals surface area contributed by atoms with Crippen LogP contribution in [0.2, 0.25) is 0 Å². The molecule has 52 valence electrons. The van der Waals surface area contributed by atoms with E-state index in [1.807, 2.05) is 0 Å². The number of hydrogen-bond acceptors (Lipinski definition) is 3. The molecule has 0 spiro atoms. The molecule has 9 heavy (non-hydrogen) atoms. The van der Waals surface area contributed by atoms with Crippen molar-refractivity contribution in [1.29, 1.82) is 0 Å². The molecular weight excluding hydrogens is 139 g/mol. The van der Waals surface area contributed by atoms with E-state index in [-0.39, 0.29) is 18.1 Å². The Morgan fingerprint density at radius 2 is 1.89 bits per heavy atom.